The zero-order valence-electron chi connectivity index (χ0n) is 9.80. The first kappa shape index (κ1) is 13.1. The van der Waals surface area contributed by atoms with E-state index in [1.165, 1.54) is 18.5 Å². The highest BCUT2D eigenvalue weighted by molar-refractivity contribution is 5.83. The zero-order valence-corrected chi connectivity index (χ0v) is 9.80. The van der Waals surface area contributed by atoms with E-state index in [2.05, 4.69) is 21.9 Å². The van der Waals surface area contributed by atoms with Crippen LogP contribution in [0.3, 0.4) is 0 Å². The number of aliphatic hydroxyl groups is 1. The fourth-order valence-corrected chi connectivity index (χ4v) is 0.984. The van der Waals surface area contributed by atoms with E-state index < -0.39 is 11.7 Å². The van der Waals surface area contributed by atoms with Crippen LogP contribution in [0.2, 0.25) is 0 Å². The third-order valence-electron chi connectivity index (χ3n) is 1.84. The average molecular weight is 237 g/mol. The van der Waals surface area contributed by atoms with Crippen LogP contribution in [-0.4, -0.2) is 27.8 Å². The number of carbonyl (C=O) groups excluding carboxylic acids is 1. The van der Waals surface area contributed by atoms with E-state index in [4.69, 9.17) is 4.74 Å². The van der Waals surface area contributed by atoms with Crippen LogP contribution in [0, 0.1) is 0 Å². The molecule has 0 radical (unpaired) electrons. The summed E-state index contributed by atoms with van der Waals surface area (Å²) in [6.07, 6.45) is 3.57. The first-order valence-electron chi connectivity index (χ1n) is 5.03. The number of rotatable bonds is 4. The van der Waals surface area contributed by atoms with Crippen LogP contribution in [0.1, 0.15) is 19.5 Å². The molecular formula is C11H15N3O3. The Hall–Kier alpha value is -1.95. The van der Waals surface area contributed by atoms with E-state index in [1.807, 2.05) is 0 Å². The van der Waals surface area contributed by atoms with Gasteiger partial charge in [0.25, 0.3) is 0 Å². The fourth-order valence-electron chi connectivity index (χ4n) is 0.984. The average Bonchev–Trinajstić information content (AvgIpc) is 2.26. The van der Waals surface area contributed by atoms with Crippen molar-refractivity contribution in [2.24, 2.45) is 0 Å². The molecule has 0 bridgehead atoms. The molecule has 1 heterocycles. The molecule has 0 aliphatic heterocycles. The van der Waals surface area contributed by atoms with Crippen molar-refractivity contribution in [1.82, 2.24) is 9.97 Å². The van der Waals surface area contributed by atoms with E-state index >= 15 is 0 Å². The van der Waals surface area contributed by atoms with Gasteiger partial charge in [-0.3, -0.25) is 10.3 Å². The van der Waals surface area contributed by atoms with Gasteiger partial charge >= 0.3 is 6.09 Å². The number of ether oxygens (including phenoxy) is 1. The molecule has 0 aromatic carbocycles. The van der Waals surface area contributed by atoms with E-state index in [0.29, 0.717) is 5.69 Å². The first-order chi connectivity index (χ1) is 7.93. The molecule has 0 saturated heterocycles. The van der Waals surface area contributed by atoms with Crippen molar-refractivity contribution in [2.45, 2.75) is 19.4 Å². The second kappa shape index (κ2) is 5.40. The molecule has 6 nitrogen and oxygen atoms in total. The minimum atomic E-state index is -1.06. The molecule has 92 valence electrons. The number of aromatic nitrogens is 2. The lowest BCUT2D eigenvalue weighted by Gasteiger charge is -2.15. The summed E-state index contributed by atoms with van der Waals surface area (Å²) in [7, 11) is 0. The molecule has 1 aromatic rings. The molecule has 1 amide bonds. The van der Waals surface area contributed by atoms with Crippen molar-refractivity contribution in [2.75, 3.05) is 11.9 Å². The van der Waals surface area contributed by atoms with Crippen LogP contribution < -0.4 is 5.32 Å². The Morgan fingerprint density at radius 3 is 2.76 bits per heavy atom. The van der Waals surface area contributed by atoms with Gasteiger partial charge in [0.15, 0.2) is 5.82 Å². The maximum atomic E-state index is 11.2. The van der Waals surface area contributed by atoms with Gasteiger partial charge in [0.05, 0.1) is 18.1 Å². The van der Waals surface area contributed by atoms with Crippen molar-refractivity contribution in [3.8, 4) is 0 Å². The van der Waals surface area contributed by atoms with Crippen LogP contribution in [0.5, 0.6) is 0 Å². The summed E-state index contributed by atoms with van der Waals surface area (Å²) in [6, 6.07) is 0. The predicted molar refractivity (Wildman–Crippen MR) is 62.4 cm³/mol. The molecular weight excluding hydrogens is 222 g/mol. The van der Waals surface area contributed by atoms with Crippen molar-refractivity contribution < 1.29 is 14.6 Å². The minimum absolute atomic E-state index is 0.126. The monoisotopic (exact) mass is 237 g/mol. The lowest BCUT2D eigenvalue weighted by Crippen LogP contribution is -2.19. The first-order valence-corrected chi connectivity index (χ1v) is 5.03. The van der Waals surface area contributed by atoms with E-state index in [0.717, 1.165) is 0 Å². The van der Waals surface area contributed by atoms with Gasteiger partial charge < -0.3 is 9.84 Å². The molecule has 1 aromatic heterocycles. The Bertz CT molecular complexity index is 395. The van der Waals surface area contributed by atoms with Crippen LogP contribution in [0.25, 0.3) is 0 Å². The molecule has 17 heavy (non-hydrogen) atoms. The standard InChI is InChI=1S/C11H15N3O3/c1-4-5-17-10(15)14-9-7-12-8(6-13-9)11(2,3)16/h4,6-7,16H,1,5H2,2-3H3,(H,13,14,15). The van der Waals surface area contributed by atoms with E-state index in [1.54, 1.807) is 13.8 Å². The Labute approximate surface area is 99.4 Å². The van der Waals surface area contributed by atoms with Crippen LogP contribution in [-0.2, 0) is 10.3 Å². The number of anilines is 1. The molecule has 0 aliphatic rings. The van der Waals surface area contributed by atoms with Gasteiger partial charge in [-0.05, 0) is 13.8 Å². The lowest BCUT2D eigenvalue weighted by atomic mass is 10.1. The summed E-state index contributed by atoms with van der Waals surface area (Å²) < 4.78 is 4.71. The molecule has 0 fully saturated rings. The lowest BCUT2D eigenvalue weighted by molar-refractivity contribution is 0.0735. The highest BCUT2D eigenvalue weighted by Crippen LogP contribution is 2.16. The summed E-state index contributed by atoms with van der Waals surface area (Å²) in [5.41, 5.74) is -0.642. The Kier molecular flexibility index (Phi) is 4.17. The number of amides is 1. The van der Waals surface area contributed by atoms with Crippen molar-refractivity contribution in [3.05, 3.63) is 30.7 Å². The van der Waals surface area contributed by atoms with Gasteiger partial charge in [-0.1, -0.05) is 12.7 Å². The SMILES string of the molecule is C=CCOC(=O)Nc1cnc(C(C)(C)O)cn1. The smallest absolute Gasteiger partial charge is 0.413 e. The predicted octanol–water partition coefficient (Wildman–Crippen LogP) is 1.44. The number of nitrogens with one attached hydrogen (secondary N) is 1. The number of nitrogens with zero attached hydrogens (tertiary/aromatic N) is 2. The maximum absolute atomic E-state index is 11.2. The van der Waals surface area contributed by atoms with Gasteiger partial charge in [0.1, 0.15) is 12.2 Å². The number of hydrogen-bond donors (Lipinski definition) is 2. The van der Waals surface area contributed by atoms with Gasteiger partial charge in [0, 0.05) is 0 Å². The van der Waals surface area contributed by atoms with Gasteiger partial charge in [0.2, 0.25) is 0 Å². The van der Waals surface area contributed by atoms with Crippen LogP contribution in [0.15, 0.2) is 25.0 Å². The third kappa shape index (κ3) is 4.20. The highest BCUT2D eigenvalue weighted by atomic mass is 16.5. The fraction of sp³-hybridized carbons (Fsp3) is 0.364. The van der Waals surface area contributed by atoms with Crippen LogP contribution in [0.4, 0.5) is 10.6 Å². The third-order valence-corrected chi connectivity index (χ3v) is 1.84. The van der Waals surface area contributed by atoms with Gasteiger partial charge in [-0.25, -0.2) is 9.78 Å². The second-order valence-electron chi connectivity index (χ2n) is 3.86. The summed E-state index contributed by atoms with van der Waals surface area (Å²) in [5.74, 6) is 0.257. The molecule has 0 unspecified atom stereocenters. The summed E-state index contributed by atoms with van der Waals surface area (Å²) >= 11 is 0. The normalized spacial score (nSPS) is 10.8. The van der Waals surface area contributed by atoms with E-state index in [-0.39, 0.29) is 12.4 Å². The number of carbonyl (C=O) groups is 1. The Morgan fingerprint density at radius 2 is 2.29 bits per heavy atom. The topological polar surface area (TPSA) is 84.3 Å². The minimum Gasteiger partial charge on any atom is -0.445 e. The number of hydrogen-bond acceptors (Lipinski definition) is 5. The van der Waals surface area contributed by atoms with Crippen molar-refractivity contribution in [3.63, 3.8) is 0 Å². The Balaban J connectivity index is 2.62. The molecule has 0 aliphatic carbocycles. The van der Waals surface area contributed by atoms with Crippen molar-refractivity contribution >= 4 is 11.9 Å². The molecule has 6 heteroatoms. The van der Waals surface area contributed by atoms with Gasteiger partial charge in [-0.2, -0.15) is 0 Å². The summed E-state index contributed by atoms with van der Waals surface area (Å²) in [6.45, 7) is 6.74. The van der Waals surface area contributed by atoms with Crippen LogP contribution >= 0.6 is 0 Å². The highest BCUT2D eigenvalue weighted by Gasteiger charge is 2.18. The molecule has 0 atom stereocenters. The zero-order chi connectivity index (χ0) is 12.9. The molecule has 0 spiro atoms. The van der Waals surface area contributed by atoms with E-state index in [9.17, 15) is 9.90 Å². The summed E-state index contributed by atoms with van der Waals surface area (Å²) in [4.78, 5) is 19.1. The quantitative estimate of drug-likeness (QED) is 0.774. The van der Waals surface area contributed by atoms with Crippen molar-refractivity contribution in [1.29, 1.82) is 0 Å². The molecule has 1 rings (SSSR count). The summed E-state index contributed by atoms with van der Waals surface area (Å²) in [5, 5.41) is 12.0. The largest absolute Gasteiger partial charge is 0.445 e. The molecule has 2 N–H and O–H groups in total. The Morgan fingerprint density at radius 1 is 1.59 bits per heavy atom. The maximum Gasteiger partial charge on any atom is 0.413 e. The molecule has 0 saturated carbocycles. The second-order valence-corrected chi connectivity index (χ2v) is 3.86. The van der Waals surface area contributed by atoms with Gasteiger partial charge in [-0.15, -0.1) is 0 Å².